The molecular formula is C17H19Br2NO. The van der Waals surface area contributed by atoms with E-state index in [1.807, 2.05) is 26.1 Å². The molecule has 2 aromatic carbocycles. The lowest BCUT2D eigenvalue weighted by Gasteiger charge is -2.20. The summed E-state index contributed by atoms with van der Waals surface area (Å²) < 4.78 is 7.71. The van der Waals surface area contributed by atoms with Crippen LogP contribution >= 0.6 is 31.9 Å². The van der Waals surface area contributed by atoms with Crippen molar-refractivity contribution in [2.45, 2.75) is 19.9 Å². The first-order valence-electron chi connectivity index (χ1n) is 6.92. The van der Waals surface area contributed by atoms with E-state index in [0.29, 0.717) is 6.61 Å². The number of hydrogen-bond donors (Lipinski definition) is 1. The van der Waals surface area contributed by atoms with Crippen molar-refractivity contribution in [3.8, 4) is 5.75 Å². The molecule has 0 saturated carbocycles. The summed E-state index contributed by atoms with van der Waals surface area (Å²) in [6, 6.07) is 12.7. The Morgan fingerprint density at radius 2 is 1.86 bits per heavy atom. The number of benzene rings is 2. The van der Waals surface area contributed by atoms with Gasteiger partial charge in [0, 0.05) is 8.95 Å². The fourth-order valence-corrected chi connectivity index (χ4v) is 3.27. The minimum absolute atomic E-state index is 0.131. The molecule has 0 bridgehead atoms. The van der Waals surface area contributed by atoms with Crippen LogP contribution in [0.5, 0.6) is 5.75 Å². The van der Waals surface area contributed by atoms with Gasteiger partial charge in [-0.15, -0.1) is 0 Å². The molecule has 4 heteroatoms. The Balaban J connectivity index is 2.38. The first kappa shape index (κ1) is 16.5. The zero-order chi connectivity index (χ0) is 15.4. The number of aryl methyl sites for hydroxylation is 1. The highest BCUT2D eigenvalue weighted by Crippen LogP contribution is 2.32. The molecule has 0 aliphatic heterocycles. The van der Waals surface area contributed by atoms with Gasteiger partial charge in [-0.3, -0.25) is 0 Å². The van der Waals surface area contributed by atoms with E-state index in [1.165, 1.54) is 16.7 Å². The maximum Gasteiger partial charge on any atom is 0.120 e. The molecular weight excluding hydrogens is 394 g/mol. The van der Waals surface area contributed by atoms with Crippen molar-refractivity contribution in [2.75, 3.05) is 13.7 Å². The molecule has 0 spiro atoms. The van der Waals surface area contributed by atoms with Crippen molar-refractivity contribution < 1.29 is 4.74 Å². The second kappa shape index (κ2) is 7.43. The molecule has 112 valence electrons. The van der Waals surface area contributed by atoms with E-state index in [9.17, 15) is 0 Å². The van der Waals surface area contributed by atoms with E-state index >= 15 is 0 Å². The third-order valence-electron chi connectivity index (χ3n) is 3.41. The minimum atomic E-state index is 0.131. The molecule has 0 amide bonds. The summed E-state index contributed by atoms with van der Waals surface area (Å²) in [6.07, 6.45) is 0. The van der Waals surface area contributed by atoms with Crippen LogP contribution in [0, 0.1) is 6.92 Å². The molecule has 0 radical (unpaired) electrons. The molecule has 1 atom stereocenters. The van der Waals surface area contributed by atoms with E-state index in [0.717, 1.165) is 14.7 Å². The molecule has 1 N–H and O–H groups in total. The first-order valence-corrected chi connectivity index (χ1v) is 8.51. The van der Waals surface area contributed by atoms with Crippen LogP contribution in [0.1, 0.15) is 29.7 Å². The van der Waals surface area contributed by atoms with Crippen molar-refractivity contribution in [3.63, 3.8) is 0 Å². The Labute approximate surface area is 143 Å². The average Bonchev–Trinajstić information content (AvgIpc) is 2.46. The number of hydrogen-bond acceptors (Lipinski definition) is 2. The average molecular weight is 413 g/mol. The summed E-state index contributed by atoms with van der Waals surface area (Å²) in [5.74, 6) is 0.882. The van der Waals surface area contributed by atoms with Crippen molar-refractivity contribution in [2.24, 2.45) is 0 Å². The Kier molecular flexibility index (Phi) is 5.85. The lowest BCUT2D eigenvalue weighted by atomic mass is 9.98. The summed E-state index contributed by atoms with van der Waals surface area (Å²) in [7, 11) is 1.97. The number of nitrogens with one attached hydrogen (secondary N) is 1. The van der Waals surface area contributed by atoms with Gasteiger partial charge in [0.1, 0.15) is 5.75 Å². The van der Waals surface area contributed by atoms with Crippen molar-refractivity contribution >= 4 is 31.9 Å². The van der Waals surface area contributed by atoms with Gasteiger partial charge < -0.3 is 10.1 Å². The summed E-state index contributed by atoms with van der Waals surface area (Å²) in [5, 5.41) is 3.38. The molecule has 0 aliphatic rings. The Hall–Kier alpha value is -0.840. The lowest BCUT2D eigenvalue weighted by Crippen LogP contribution is -2.18. The smallest absolute Gasteiger partial charge is 0.120 e. The third kappa shape index (κ3) is 3.87. The maximum absolute atomic E-state index is 5.54. The van der Waals surface area contributed by atoms with Crippen LogP contribution in [0.4, 0.5) is 0 Å². The zero-order valence-electron chi connectivity index (χ0n) is 12.4. The fourth-order valence-electron chi connectivity index (χ4n) is 2.29. The molecule has 2 nitrogen and oxygen atoms in total. The summed E-state index contributed by atoms with van der Waals surface area (Å²) in [5.41, 5.74) is 3.65. The highest BCUT2D eigenvalue weighted by atomic mass is 79.9. The first-order chi connectivity index (χ1) is 10.1. The van der Waals surface area contributed by atoms with Crippen LogP contribution in [0.3, 0.4) is 0 Å². The van der Waals surface area contributed by atoms with Gasteiger partial charge in [0.05, 0.1) is 12.6 Å². The molecule has 0 aromatic heterocycles. The summed E-state index contributed by atoms with van der Waals surface area (Å²) in [4.78, 5) is 0. The van der Waals surface area contributed by atoms with Gasteiger partial charge >= 0.3 is 0 Å². The largest absolute Gasteiger partial charge is 0.494 e. The molecule has 2 aromatic rings. The van der Waals surface area contributed by atoms with E-state index < -0.39 is 0 Å². The summed E-state index contributed by atoms with van der Waals surface area (Å²) >= 11 is 7.26. The van der Waals surface area contributed by atoms with Gasteiger partial charge in [-0.2, -0.15) is 0 Å². The lowest BCUT2D eigenvalue weighted by molar-refractivity contribution is 0.340. The van der Waals surface area contributed by atoms with E-state index in [4.69, 9.17) is 4.74 Å². The SMILES string of the molecule is CCOc1ccc(C(NC)c2ccc(C)c(Br)c2)c(Br)c1. The van der Waals surface area contributed by atoms with E-state index in [-0.39, 0.29) is 6.04 Å². The van der Waals surface area contributed by atoms with Gasteiger partial charge in [-0.1, -0.05) is 50.1 Å². The Bertz CT molecular complexity index is 628. The molecule has 0 fully saturated rings. The molecule has 21 heavy (non-hydrogen) atoms. The minimum Gasteiger partial charge on any atom is -0.494 e. The molecule has 2 rings (SSSR count). The molecule has 0 heterocycles. The van der Waals surface area contributed by atoms with Crippen molar-refractivity contribution in [1.82, 2.24) is 5.32 Å². The highest BCUT2D eigenvalue weighted by molar-refractivity contribution is 9.10. The van der Waals surface area contributed by atoms with Crippen LogP contribution in [0.2, 0.25) is 0 Å². The van der Waals surface area contributed by atoms with Gasteiger partial charge in [0.25, 0.3) is 0 Å². The maximum atomic E-state index is 5.54. The Morgan fingerprint density at radius 3 is 2.43 bits per heavy atom. The number of rotatable bonds is 5. The predicted molar refractivity (Wildman–Crippen MR) is 95.1 cm³/mol. The quantitative estimate of drug-likeness (QED) is 0.725. The predicted octanol–water partition coefficient (Wildman–Crippen LogP) is 5.23. The van der Waals surface area contributed by atoms with E-state index in [2.05, 4.69) is 68.4 Å². The van der Waals surface area contributed by atoms with Crippen LogP contribution in [0.15, 0.2) is 45.3 Å². The van der Waals surface area contributed by atoms with Gasteiger partial charge in [-0.05, 0) is 55.8 Å². The normalized spacial score (nSPS) is 12.2. The zero-order valence-corrected chi connectivity index (χ0v) is 15.6. The number of ether oxygens (including phenoxy) is 1. The Morgan fingerprint density at radius 1 is 1.10 bits per heavy atom. The molecule has 0 saturated heterocycles. The second-order valence-corrected chi connectivity index (χ2v) is 6.56. The van der Waals surface area contributed by atoms with Crippen LogP contribution in [-0.2, 0) is 0 Å². The van der Waals surface area contributed by atoms with Crippen molar-refractivity contribution in [1.29, 1.82) is 0 Å². The molecule has 1 unspecified atom stereocenters. The van der Waals surface area contributed by atoms with E-state index in [1.54, 1.807) is 0 Å². The second-order valence-electron chi connectivity index (χ2n) is 4.85. The monoisotopic (exact) mass is 411 g/mol. The van der Waals surface area contributed by atoms with Gasteiger partial charge in [-0.25, -0.2) is 0 Å². The van der Waals surface area contributed by atoms with Crippen LogP contribution in [-0.4, -0.2) is 13.7 Å². The topological polar surface area (TPSA) is 21.3 Å². The fraction of sp³-hybridized carbons (Fsp3) is 0.294. The van der Waals surface area contributed by atoms with Crippen molar-refractivity contribution in [3.05, 3.63) is 62.0 Å². The highest BCUT2D eigenvalue weighted by Gasteiger charge is 2.16. The van der Waals surface area contributed by atoms with Gasteiger partial charge in [0.15, 0.2) is 0 Å². The van der Waals surface area contributed by atoms with Crippen LogP contribution < -0.4 is 10.1 Å². The standard InChI is InChI=1S/C17H19Br2NO/c1-4-21-13-7-8-14(16(19)10-13)17(20-3)12-6-5-11(2)15(18)9-12/h5-10,17,20H,4H2,1-3H3. The van der Waals surface area contributed by atoms with Crippen LogP contribution in [0.25, 0.3) is 0 Å². The number of halogens is 2. The molecule has 0 aliphatic carbocycles. The van der Waals surface area contributed by atoms with Gasteiger partial charge in [0.2, 0.25) is 0 Å². The summed E-state index contributed by atoms with van der Waals surface area (Å²) in [6.45, 7) is 4.75. The third-order valence-corrected chi connectivity index (χ3v) is 4.95.